The van der Waals surface area contributed by atoms with E-state index >= 15 is 4.39 Å². The van der Waals surface area contributed by atoms with Crippen LogP contribution in [0.2, 0.25) is 0 Å². The van der Waals surface area contributed by atoms with Gasteiger partial charge in [-0.3, -0.25) is 4.79 Å². The summed E-state index contributed by atoms with van der Waals surface area (Å²) < 4.78 is 53.8. The maximum Gasteiger partial charge on any atom is 0.407 e. The third-order valence-electron chi connectivity index (χ3n) is 8.77. The molecule has 4 rings (SSSR count). The Kier molecular flexibility index (Phi) is 13.0. The normalized spacial score (nSPS) is 17.2. The molecular formula is C35H44F3N5O4. The number of methoxy groups -OCH3 is 2. The Morgan fingerprint density at radius 1 is 1.00 bits per heavy atom. The molecule has 12 heteroatoms. The second-order valence-electron chi connectivity index (χ2n) is 11.8. The molecule has 1 fully saturated rings. The van der Waals surface area contributed by atoms with Gasteiger partial charge in [0.05, 0.1) is 14.2 Å². The van der Waals surface area contributed by atoms with Crippen LogP contribution in [-0.2, 0) is 16.0 Å². The number of amides is 2. The van der Waals surface area contributed by atoms with Crippen molar-refractivity contribution in [1.29, 1.82) is 0 Å². The van der Waals surface area contributed by atoms with Crippen molar-refractivity contribution in [3.05, 3.63) is 88.9 Å². The lowest BCUT2D eigenvalue weighted by Crippen LogP contribution is -2.48. The molecule has 47 heavy (non-hydrogen) atoms. The number of likely N-dealkylation sites (tertiary alicyclic amines) is 1. The first-order valence-corrected chi connectivity index (χ1v) is 16.0. The van der Waals surface area contributed by atoms with E-state index in [1.54, 1.807) is 18.2 Å². The number of ether oxygens (including phenoxy) is 2. The van der Waals surface area contributed by atoms with E-state index in [9.17, 15) is 18.4 Å². The fraction of sp³-hybridized carbons (Fsp3) is 0.457. The van der Waals surface area contributed by atoms with Gasteiger partial charge in [0.15, 0.2) is 11.6 Å². The number of rotatable bonds is 13. The number of benzene rings is 2. The number of aromatic nitrogens is 1. The highest BCUT2D eigenvalue weighted by atomic mass is 19.2. The van der Waals surface area contributed by atoms with Gasteiger partial charge in [0.2, 0.25) is 11.8 Å². The molecule has 1 aromatic heterocycles. The molecule has 2 aromatic carbocycles. The minimum atomic E-state index is -1.40. The van der Waals surface area contributed by atoms with Gasteiger partial charge in [-0.15, -0.1) is 0 Å². The zero-order chi connectivity index (χ0) is 33.9. The van der Waals surface area contributed by atoms with Gasteiger partial charge in [0.25, 0.3) is 0 Å². The molecule has 0 radical (unpaired) electrons. The second-order valence-corrected chi connectivity index (χ2v) is 11.8. The quantitative estimate of drug-likeness (QED) is 0.214. The molecule has 1 aliphatic heterocycles. The molecule has 3 aromatic rings. The smallest absolute Gasteiger partial charge is 0.407 e. The summed E-state index contributed by atoms with van der Waals surface area (Å²) >= 11 is 0. The lowest BCUT2D eigenvalue weighted by molar-refractivity contribution is -0.118. The number of halogens is 3. The fourth-order valence-corrected chi connectivity index (χ4v) is 6.19. The Morgan fingerprint density at radius 3 is 2.47 bits per heavy atom. The van der Waals surface area contributed by atoms with Crippen molar-refractivity contribution in [3.63, 3.8) is 0 Å². The summed E-state index contributed by atoms with van der Waals surface area (Å²) in [5, 5.41) is 8.88. The van der Waals surface area contributed by atoms with Crippen LogP contribution in [0.3, 0.4) is 0 Å². The van der Waals surface area contributed by atoms with E-state index in [0.29, 0.717) is 30.0 Å². The minimum absolute atomic E-state index is 0.188. The van der Waals surface area contributed by atoms with E-state index in [-0.39, 0.29) is 23.2 Å². The van der Waals surface area contributed by atoms with Crippen LogP contribution in [0.5, 0.6) is 5.88 Å². The van der Waals surface area contributed by atoms with Crippen LogP contribution in [0.1, 0.15) is 62.1 Å². The number of pyridine rings is 1. The molecule has 2 amide bonds. The lowest BCUT2D eigenvalue weighted by atomic mass is 9.85. The molecule has 0 saturated carbocycles. The summed E-state index contributed by atoms with van der Waals surface area (Å²) in [6.45, 7) is 7.11. The van der Waals surface area contributed by atoms with E-state index in [4.69, 9.17) is 9.47 Å². The van der Waals surface area contributed by atoms with Crippen molar-refractivity contribution in [2.45, 2.75) is 70.0 Å². The Balaban J connectivity index is 1.61. The van der Waals surface area contributed by atoms with Gasteiger partial charge in [-0.05, 0) is 94.1 Å². The monoisotopic (exact) mass is 655 g/mol. The number of carbonyl (C=O) groups is 2. The van der Waals surface area contributed by atoms with Gasteiger partial charge in [-0.25, -0.2) is 22.9 Å². The van der Waals surface area contributed by atoms with Gasteiger partial charge in [0, 0.05) is 41.5 Å². The maximum absolute atomic E-state index is 15.3. The Morgan fingerprint density at radius 2 is 1.79 bits per heavy atom. The molecule has 2 heterocycles. The molecule has 9 nitrogen and oxygen atoms in total. The van der Waals surface area contributed by atoms with Crippen LogP contribution in [0.25, 0.3) is 0 Å². The van der Waals surface area contributed by atoms with E-state index in [1.165, 1.54) is 31.5 Å². The molecular weight excluding hydrogens is 611 g/mol. The van der Waals surface area contributed by atoms with Crippen LogP contribution >= 0.6 is 0 Å². The lowest BCUT2D eigenvalue weighted by Gasteiger charge is -2.29. The summed E-state index contributed by atoms with van der Waals surface area (Å²) in [6, 6.07) is 10.1. The summed E-state index contributed by atoms with van der Waals surface area (Å²) in [6.07, 6.45) is 4.77. The summed E-state index contributed by atoms with van der Waals surface area (Å²) in [5.41, 5.74) is 1.17. The first-order valence-electron chi connectivity index (χ1n) is 16.0. The SMILES string of the molecule is CCNC1CCCN(C(C)CCc2c(F)cccc2NC(=O)[C@@H](NC(=O)OC)[C@H](c2ccc(OC)nc2)c2ccc(F)c(F)c2)CC1. The number of anilines is 1. The van der Waals surface area contributed by atoms with Gasteiger partial charge in [-0.2, -0.15) is 0 Å². The molecule has 0 bridgehead atoms. The number of hydrogen-bond acceptors (Lipinski definition) is 7. The molecule has 2 unspecified atom stereocenters. The Hall–Kier alpha value is -4.16. The number of nitrogens with one attached hydrogen (secondary N) is 3. The van der Waals surface area contributed by atoms with E-state index in [0.717, 1.165) is 58.1 Å². The number of carbonyl (C=O) groups excluding carboxylic acids is 2. The van der Waals surface area contributed by atoms with Crippen LogP contribution in [0.4, 0.5) is 23.7 Å². The highest BCUT2D eigenvalue weighted by molar-refractivity contribution is 5.98. The Labute approximate surface area is 274 Å². The molecule has 3 N–H and O–H groups in total. The number of alkyl carbamates (subject to hydrolysis) is 1. The molecule has 0 aliphatic carbocycles. The van der Waals surface area contributed by atoms with Crippen molar-refractivity contribution in [3.8, 4) is 5.88 Å². The van der Waals surface area contributed by atoms with Crippen LogP contribution in [0.15, 0.2) is 54.7 Å². The van der Waals surface area contributed by atoms with Gasteiger partial charge >= 0.3 is 6.09 Å². The first kappa shape index (κ1) is 35.7. The van der Waals surface area contributed by atoms with E-state index in [1.807, 2.05) is 0 Å². The van der Waals surface area contributed by atoms with Crippen molar-refractivity contribution in [2.24, 2.45) is 0 Å². The zero-order valence-electron chi connectivity index (χ0n) is 27.3. The third-order valence-corrected chi connectivity index (χ3v) is 8.77. The predicted octanol–water partition coefficient (Wildman–Crippen LogP) is 5.79. The average Bonchev–Trinajstić information content (AvgIpc) is 3.31. The number of nitrogens with zero attached hydrogens (tertiary/aromatic N) is 2. The number of hydrogen-bond donors (Lipinski definition) is 3. The van der Waals surface area contributed by atoms with Crippen LogP contribution < -0.4 is 20.7 Å². The van der Waals surface area contributed by atoms with Gasteiger partial charge in [0.1, 0.15) is 11.9 Å². The van der Waals surface area contributed by atoms with Gasteiger partial charge in [-0.1, -0.05) is 25.1 Å². The maximum atomic E-state index is 15.3. The molecule has 1 aliphatic rings. The first-order chi connectivity index (χ1) is 22.6. The highest BCUT2D eigenvalue weighted by Crippen LogP contribution is 2.32. The topological polar surface area (TPSA) is 105 Å². The summed E-state index contributed by atoms with van der Waals surface area (Å²) in [7, 11) is 2.58. The van der Waals surface area contributed by atoms with Crippen LogP contribution in [-0.4, -0.2) is 73.9 Å². The predicted molar refractivity (Wildman–Crippen MR) is 174 cm³/mol. The van der Waals surface area contributed by atoms with Crippen molar-refractivity contribution >= 4 is 17.7 Å². The van der Waals surface area contributed by atoms with E-state index in [2.05, 4.69) is 39.7 Å². The van der Waals surface area contributed by atoms with E-state index < -0.39 is 41.4 Å². The summed E-state index contributed by atoms with van der Waals surface area (Å²) in [5.74, 6) is -4.15. The minimum Gasteiger partial charge on any atom is -0.481 e. The standard InChI is InChI=1S/C35H44F3N5O4/c1-5-39-25-8-7-18-43(19-17-25)22(2)11-14-26-27(36)9-6-10-30(26)41-34(44)33(42-35(45)47-4)32(23-12-15-28(37)29(38)20-23)24-13-16-31(46-3)40-21-24/h6,9-10,12-13,15-16,20-22,25,32-33,39H,5,7-8,11,14,17-19H2,1-4H3,(H,41,44)(H,42,45)/t22?,25?,32-,33-/m0/s1. The zero-order valence-corrected chi connectivity index (χ0v) is 27.3. The fourth-order valence-electron chi connectivity index (χ4n) is 6.19. The van der Waals surface area contributed by atoms with Crippen LogP contribution in [0, 0.1) is 17.5 Å². The molecule has 0 spiro atoms. The largest absolute Gasteiger partial charge is 0.481 e. The molecule has 4 atom stereocenters. The Bertz CT molecular complexity index is 1490. The molecule has 1 saturated heterocycles. The molecule has 254 valence electrons. The van der Waals surface area contributed by atoms with Crippen molar-refractivity contribution < 1.29 is 32.2 Å². The van der Waals surface area contributed by atoms with Crippen molar-refractivity contribution in [1.82, 2.24) is 20.5 Å². The second kappa shape index (κ2) is 17.1. The average molecular weight is 656 g/mol. The summed E-state index contributed by atoms with van der Waals surface area (Å²) in [4.78, 5) is 33.3. The third kappa shape index (κ3) is 9.45. The van der Waals surface area contributed by atoms with Gasteiger partial charge < -0.3 is 30.3 Å². The van der Waals surface area contributed by atoms with Crippen molar-refractivity contribution in [2.75, 3.05) is 39.2 Å². The highest BCUT2D eigenvalue weighted by Gasteiger charge is 2.34.